The Morgan fingerprint density at radius 2 is 1.66 bits per heavy atom. The van der Waals surface area contributed by atoms with E-state index in [1.807, 2.05) is 85.8 Å². The quantitative estimate of drug-likeness (QED) is 0.225. The van der Waals surface area contributed by atoms with Crippen molar-refractivity contribution in [1.29, 1.82) is 0 Å². The number of aliphatic hydroxyl groups is 1. The van der Waals surface area contributed by atoms with Crippen LogP contribution in [0.4, 0.5) is 11.4 Å². The maximum Gasteiger partial charge on any atom is 0.264 e. The summed E-state index contributed by atoms with van der Waals surface area (Å²) in [6, 6.07) is 31.7. The summed E-state index contributed by atoms with van der Waals surface area (Å²) in [5.74, 6) is 0.0259. The highest BCUT2D eigenvalue weighted by Crippen LogP contribution is 2.53. The predicted molar refractivity (Wildman–Crippen MR) is 179 cm³/mol. The number of fused-ring (bicyclic) bond motifs is 2. The molecule has 9 heteroatoms. The van der Waals surface area contributed by atoms with E-state index in [9.17, 15) is 19.5 Å². The van der Waals surface area contributed by atoms with E-state index in [0.29, 0.717) is 36.5 Å². The van der Waals surface area contributed by atoms with Gasteiger partial charge in [-0.25, -0.2) is 0 Å². The van der Waals surface area contributed by atoms with E-state index in [0.717, 1.165) is 22.4 Å². The van der Waals surface area contributed by atoms with E-state index in [1.165, 1.54) is 0 Å². The first kappa shape index (κ1) is 32.0. The Labute approximate surface area is 274 Å². The number of aliphatic hydroxyl groups excluding tert-OH is 1. The molecule has 3 atom stereocenters. The maximum atomic E-state index is 14.3. The highest BCUT2D eigenvalue weighted by molar-refractivity contribution is 6.07. The summed E-state index contributed by atoms with van der Waals surface area (Å²) < 4.78 is 11.8. The largest absolute Gasteiger partial charge is 0.497 e. The van der Waals surface area contributed by atoms with E-state index >= 15 is 0 Å². The minimum Gasteiger partial charge on any atom is -0.497 e. The van der Waals surface area contributed by atoms with Crippen LogP contribution in [0.1, 0.15) is 46.8 Å². The molecular weight excluding hydrogens is 594 g/mol. The second kappa shape index (κ2) is 13.8. The van der Waals surface area contributed by atoms with Crippen LogP contribution in [-0.2, 0) is 33.0 Å². The Morgan fingerprint density at radius 3 is 2.36 bits per heavy atom. The summed E-state index contributed by atoms with van der Waals surface area (Å²) in [4.78, 5) is 43.9. The first-order valence-electron chi connectivity index (χ1n) is 15.9. The van der Waals surface area contributed by atoms with E-state index in [1.54, 1.807) is 41.2 Å². The smallest absolute Gasteiger partial charge is 0.264 e. The standard InChI is InChI=1S/C38H39N3O6/c1-26-22-32(23-35(43)40(20-21-42)24-27-8-4-3-5-9-27)47-38(26)33-10-6-7-11-34(33)41(37(38)45)25-28-12-16-30(17-13-28)39-36(44)29-14-18-31(46-2)19-15-29/h3-19,26,32,42H,20-25H2,1-2H3,(H,39,44)/t26-,32-,38+/m0/s1. The molecule has 0 aliphatic carbocycles. The van der Waals surface area contributed by atoms with Crippen molar-refractivity contribution in [1.82, 2.24) is 4.90 Å². The highest BCUT2D eigenvalue weighted by Gasteiger charge is 2.60. The molecule has 1 spiro atoms. The van der Waals surface area contributed by atoms with Gasteiger partial charge in [0.15, 0.2) is 5.60 Å². The van der Waals surface area contributed by atoms with Crippen LogP contribution in [0.5, 0.6) is 5.75 Å². The van der Waals surface area contributed by atoms with Crippen molar-refractivity contribution in [2.75, 3.05) is 30.5 Å². The second-order valence-corrected chi connectivity index (χ2v) is 12.1. The lowest BCUT2D eigenvalue weighted by molar-refractivity contribution is -0.150. The Balaban J connectivity index is 1.15. The summed E-state index contributed by atoms with van der Waals surface area (Å²) in [6.45, 7) is 2.82. The molecule has 1 fully saturated rings. The lowest BCUT2D eigenvalue weighted by Crippen LogP contribution is -2.44. The highest BCUT2D eigenvalue weighted by atomic mass is 16.5. The van der Waals surface area contributed by atoms with Gasteiger partial charge in [0.05, 0.1) is 38.5 Å². The topological polar surface area (TPSA) is 108 Å². The number of benzene rings is 4. The normalized spacial score (nSPS) is 19.9. The van der Waals surface area contributed by atoms with E-state index in [-0.39, 0.29) is 43.2 Å². The molecule has 0 radical (unpaired) electrons. The molecule has 6 rings (SSSR count). The van der Waals surface area contributed by atoms with Crippen LogP contribution in [0.25, 0.3) is 0 Å². The van der Waals surface area contributed by atoms with Crippen LogP contribution in [0, 0.1) is 5.92 Å². The van der Waals surface area contributed by atoms with Crippen molar-refractivity contribution in [2.24, 2.45) is 5.92 Å². The fraction of sp³-hybridized carbons (Fsp3) is 0.289. The molecule has 2 aliphatic heterocycles. The van der Waals surface area contributed by atoms with E-state index in [2.05, 4.69) is 5.32 Å². The molecule has 242 valence electrons. The number of amides is 3. The van der Waals surface area contributed by atoms with Gasteiger partial charge in [-0.05, 0) is 60.0 Å². The number of anilines is 2. The number of carbonyl (C=O) groups excluding carboxylic acids is 3. The van der Waals surface area contributed by atoms with Gasteiger partial charge < -0.3 is 29.7 Å². The van der Waals surface area contributed by atoms with Crippen LogP contribution in [0.3, 0.4) is 0 Å². The predicted octanol–water partition coefficient (Wildman–Crippen LogP) is 5.53. The fourth-order valence-corrected chi connectivity index (χ4v) is 6.67. The maximum absolute atomic E-state index is 14.3. The minimum atomic E-state index is -1.19. The van der Waals surface area contributed by atoms with Gasteiger partial charge in [-0.1, -0.05) is 67.6 Å². The summed E-state index contributed by atoms with van der Waals surface area (Å²) in [5, 5.41) is 12.6. The monoisotopic (exact) mass is 633 g/mol. The lowest BCUT2D eigenvalue weighted by atomic mass is 9.83. The molecule has 1 saturated heterocycles. The first-order valence-corrected chi connectivity index (χ1v) is 15.9. The molecule has 0 aromatic heterocycles. The van der Waals surface area contributed by atoms with Crippen molar-refractivity contribution < 1.29 is 29.0 Å². The number of methoxy groups -OCH3 is 1. The third-order valence-corrected chi connectivity index (χ3v) is 9.07. The number of hydrogen-bond donors (Lipinski definition) is 2. The van der Waals surface area contributed by atoms with Gasteiger partial charge in [0, 0.05) is 35.8 Å². The molecule has 2 aliphatic rings. The summed E-state index contributed by atoms with van der Waals surface area (Å²) in [6.07, 6.45) is 0.235. The Kier molecular flexibility index (Phi) is 9.38. The molecule has 3 amide bonds. The Morgan fingerprint density at radius 1 is 0.957 bits per heavy atom. The number of nitrogens with zero attached hydrogens (tertiary/aromatic N) is 2. The van der Waals surface area contributed by atoms with Crippen LogP contribution in [0.15, 0.2) is 103 Å². The van der Waals surface area contributed by atoms with Crippen molar-refractivity contribution in [3.8, 4) is 5.75 Å². The van der Waals surface area contributed by atoms with Crippen LogP contribution in [-0.4, -0.2) is 54.1 Å². The zero-order valence-corrected chi connectivity index (χ0v) is 26.6. The van der Waals surface area contributed by atoms with Gasteiger partial charge in [0.25, 0.3) is 11.8 Å². The zero-order valence-electron chi connectivity index (χ0n) is 26.6. The summed E-state index contributed by atoms with van der Waals surface area (Å²) in [5.41, 5.74) is 3.45. The van der Waals surface area contributed by atoms with Gasteiger partial charge in [-0.3, -0.25) is 14.4 Å². The molecule has 9 nitrogen and oxygen atoms in total. The number of hydrogen-bond acceptors (Lipinski definition) is 6. The third-order valence-electron chi connectivity index (χ3n) is 9.07. The molecule has 0 unspecified atom stereocenters. The van der Waals surface area contributed by atoms with Crippen molar-refractivity contribution >= 4 is 29.1 Å². The van der Waals surface area contributed by atoms with Gasteiger partial charge in [-0.15, -0.1) is 0 Å². The summed E-state index contributed by atoms with van der Waals surface area (Å²) >= 11 is 0. The van der Waals surface area contributed by atoms with Crippen LogP contribution in [0.2, 0.25) is 0 Å². The number of carbonyl (C=O) groups is 3. The van der Waals surface area contributed by atoms with Gasteiger partial charge >= 0.3 is 0 Å². The molecule has 4 aromatic rings. The van der Waals surface area contributed by atoms with E-state index in [4.69, 9.17) is 9.47 Å². The van der Waals surface area contributed by atoms with E-state index < -0.39 is 11.7 Å². The average molecular weight is 634 g/mol. The molecule has 2 heterocycles. The van der Waals surface area contributed by atoms with Gasteiger partial charge in [-0.2, -0.15) is 0 Å². The molecule has 0 bridgehead atoms. The van der Waals surface area contributed by atoms with Crippen molar-refractivity contribution in [3.05, 3.63) is 125 Å². The number of ether oxygens (including phenoxy) is 2. The third kappa shape index (κ3) is 6.50. The molecule has 47 heavy (non-hydrogen) atoms. The molecule has 4 aromatic carbocycles. The summed E-state index contributed by atoms with van der Waals surface area (Å²) in [7, 11) is 1.58. The number of rotatable bonds is 11. The average Bonchev–Trinajstić information content (AvgIpc) is 3.54. The molecular formula is C38H39N3O6. The fourth-order valence-electron chi connectivity index (χ4n) is 6.67. The number of nitrogens with one attached hydrogen (secondary N) is 1. The van der Waals surface area contributed by atoms with Crippen LogP contribution < -0.4 is 15.0 Å². The van der Waals surface area contributed by atoms with Crippen LogP contribution >= 0.6 is 0 Å². The lowest BCUT2D eigenvalue weighted by Gasteiger charge is -2.28. The first-order chi connectivity index (χ1) is 22.8. The zero-order chi connectivity index (χ0) is 33.0. The SMILES string of the molecule is COc1ccc(C(=O)Nc2ccc(CN3C(=O)[C@]4(O[C@H](CC(=O)N(CCO)Cc5ccccc5)C[C@@H]4C)c4ccccc43)cc2)cc1. The minimum absolute atomic E-state index is 0.119. The second-order valence-electron chi connectivity index (χ2n) is 12.1. The van der Waals surface area contributed by atoms with Gasteiger partial charge in [0.2, 0.25) is 5.91 Å². The Bertz CT molecular complexity index is 1730. The van der Waals surface area contributed by atoms with Gasteiger partial charge in [0.1, 0.15) is 5.75 Å². The van der Waals surface area contributed by atoms with Crippen molar-refractivity contribution in [2.45, 2.75) is 44.6 Å². The molecule has 2 N–H and O–H groups in total. The Hall–Kier alpha value is -4.99. The molecule has 0 saturated carbocycles. The van der Waals surface area contributed by atoms with Crippen molar-refractivity contribution in [3.63, 3.8) is 0 Å². The number of para-hydroxylation sites is 1.